The van der Waals surface area contributed by atoms with Crippen molar-refractivity contribution in [3.63, 3.8) is 0 Å². The molecule has 0 aliphatic heterocycles. The van der Waals surface area contributed by atoms with Gasteiger partial charge in [0.2, 0.25) is 0 Å². The number of nitrogens with two attached hydrogens (primary N) is 1. The standard InChI is InChI=1S/C18H19N5O/c1-10-7-11(2)23-16(20-10)9-15(22-23)18(24)21-14-8-12-5-3-4-6-13(12)17(14)19/h3-7,9,14,17H,8,19H2,1-2H3,(H,21,24). The number of fused-ring (bicyclic) bond motifs is 2. The molecular formula is C18H19N5O. The highest BCUT2D eigenvalue weighted by Gasteiger charge is 2.31. The average molecular weight is 321 g/mol. The minimum absolute atomic E-state index is 0.115. The van der Waals surface area contributed by atoms with Crippen LogP contribution in [-0.2, 0) is 6.42 Å². The number of carbonyl (C=O) groups is 1. The van der Waals surface area contributed by atoms with Gasteiger partial charge in [-0.25, -0.2) is 9.50 Å². The van der Waals surface area contributed by atoms with Crippen LogP contribution in [0.25, 0.3) is 5.65 Å². The first kappa shape index (κ1) is 14.8. The molecule has 1 aliphatic rings. The first-order valence-corrected chi connectivity index (χ1v) is 8.01. The molecule has 0 fully saturated rings. The molecular weight excluding hydrogens is 302 g/mol. The Morgan fingerprint density at radius 3 is 2.88 bits per heavy atom. The van der Waals surface area contributed by atoms with Gasteiger partial charge in [0.25, 0.3) is 5.91 Å². The molecule has 122 valence electrons. The molecule has 1 aromatic carbocycles. The second-order valence-electron chi connectivity index (χ2n) is 6.35. The molecule has 24 heavy (non-hydrogen) atoms. The van der Waals surface area contributed by atoms with Gasteiger partial charge in [-0.2, -0.15) is 5.10 Å². The Morgan fingerprint density at radius 1 is 1.29 bits per heavy atom. The summed E-state index contributed by atoms with van der Waals surface area (Å²) in [7, 11) is 0. The highest BCUT2D eigenvalue weighted by molar-refractivity contribution is 5.93. The second-order valence-corrected chi connectivity index (χ2v) is 6.35. The molecule has 0 saturated carbocycles. The maximum absolute atomic E-state index is 12.6. The van der Waals surface area contributed by atoms with Gasteiger partial charge in [-0.3, -0.25) is 4.79 Å². The van der Waals surface area contributed by atoms with Crippen LogP contribution < -0.4 is 11.1 Å². The van der Waals surface area contributed by atoms with Crippen LogP contribution in [-0.4, -0.2) is 26.5 Å². The SMILES string of the molecule is Cc1cc(C)n2nc(C(=O)NC3Cc4ccccc4C3N)cc2n1. The molecule has 6 nitrogen and oxygen atoms in total. The van der Waals surface area contributed by atoms with Crippen LogP contribution >= 0.6 is 0 Å². The van der Waals surface area contributed by atoms with E-state index in [1.165, 1.54) is 5.56 Å². The van der Waals surface area contributed by atoms with Crippen molar-refractivity contribution in [2.75, 3.05) is 0 Å². The van der Waals surface area contributed by atoms with Crippen LogP contribution in [0.15, 0.2) is 36.4 Å². The van der Waals surface area contributed by atoms with Gasteiger partial charge in [-0.15, -0.1) is 0 Å². The predicted molar refractivity (Wildman–Crippen MR) is 90.8 cm³/mol. The third-order valence-corrected chi connectivity index (χ3v) is 4.57. The number of hydrogen-bond acceptors (Lipinski definition) is 4. The fourth-order valence-corrected chi connectivity index (χ4v) is 3.41. The largest absolute Gasteiger partial charge is 0.346 e. The smallest absolute Gasteiger partial charge is 0.272 e. The molecule has 1 aliphatic carbocycles. The minimum Gasteiger partial charge on any atom is -0.346 e. The quantitative estimate of drug-likeness (QED) is 0.752. The number of aryl methyl sites for hydroxylation is 2. The summed E-state index contributed by atoms with van der Waals surface area (Å²) in [5.41, 5.74) is 11.5. The van der Waals surface area contributed by atoms with Gasteiger partial charge in [0.15, 0.2) is 11.3 Å². The summed E-state index contributed by atoms with van der Waals surface area (Å²) >= 11 is 0. The van der Waals surface area contributed by atoms with Crippen LogP contribution in [0.4, 0.5) is 0 Å². The van der Waals surface area contributed by atoms with Gasteiger partial charge in [-0.05, 0) is 37.5 Å². The number of rotatable bonds is 2. The van der Waals surface area contributed by atoms with E-state index in [0.717, 1.165) is 23.4 Å². The number of hydrogen-bond donors (Lipinski definition) is 2. The van der Waals surface area contributed by atoms with Crippen molar-refractivity contribution in [2.45, 2.75) is 32.4 Å². The highest BCUT2D eigenvalue weighted by atomic mass is 16.2. The molecule has 0 spiro atoms. The van der Waals surface area contributed by atoms with E-state index in [4.69, 9.17) is 5.73 Å². The lowest BCUT2D eigenvalue weighted by Gasteiger charge is -2.17. The van der Waals surface area contributed by atoms with E-state index >= 15 is 0 Å². The molecule has 2 aromatic heterocycles. The summed E-state index contributed by atoms with van der Waals surface area (Å²) in [6, 6.07) is 11.4. The lowest BCUT2D eigenvalue weighted by Crippen LogP contribution is -2.40. The van der Waals surface area contributed by atoms with Crippen molar-refractivity contribution in [1.82, 2.24) is 19.9 Å². The maximum Gasteiger partial charge on any atom is 0.272 e. The van der Waals surface area contributed by atoms with Crippen molar-refractivity contribution < 1.29 is 4.79 Å². The Hall–Kier alpha value is -2.73. The van der Waals surface area contributed by atoms with Crippen molar-refractivity contribution in [1.29, 1.82) is 0 Å². The number of aromatic nitrogens is 3. The zero-order valence-electron chi connectivity index (χ0n) is 13.7. The fourth-order valence-electron chi connectivity index (χ4n) is 3.41. The third kappa shape index (κ3) is 2.35. The predicted octanol–water partition coefficient (Wildman–Crippen LogP) is 1.70. The van der Waals surface area contributed by atoms with Crippen molar-refractivity contribution in [3.05, 3.63) is 64.6 Å². The molecule has 2 atom stereocenters. The van der Waals surface area contributed by atoms with Crippen LogP contribution in [0.5, 0.6) is 0 Å². The van der Waals surface area contributed by atoms with Crippen molar-refractivity contribution in [3.8, 4) is 0 Å². The number of benzene rings is 1. The zero-order chi connectivity index (χ0) is 16.8. The van der Waals surface area contributed by atoms with E-state index in [0.29, 0.717) is 11.3 Å². The molecule has 4 rings (SSSR count). The Morgan fingerprint density at radius 2 is 2.08 bits per heavy atom. The normalized spacial score (nSPS) is 19.5. The minimum atomic E-state index is -0.217. The van der Waals surface area contributed by atoms with E-state index in [1.807, 2.05) is 38.1 Å². The number of nitrogens with zero attached hydrogens (tertiary/aromatic N) is 3. The van der Waals surface area contributed by atoms with Crippen LogP contribution in [0.3, 0.4) is 0 Å². The van der Waals surface area contributed by atoms with Gasteiger partial charge in [0.05, 0.1) is 12.1 Å². The van der Waals surface area contributed by atoms with Gasteiger partial charge in [0, 0.05) is 17.5 Å². The molecule has 0 radical (unpaired) electrons. The molecule has 3 N–H and O–H groups in total. The van der Waals surface area contributed by atoms with Gasteiger partial charge in [0.1, 0.15) is 0 Å². The van der Waals surface area contributed by atoms with Crippen LogP contribution in [0.2, 0.25) is 0 Å². The number of amides is 1. The summed E-state index contributed by atoms with van der Waals surface area (Å²) in [5.74, 6) is -0.217. The summed E-state index contributed by atoms with van der Waals surface area (Å²) < 4.78 is 1.69. The summed E-state index contributed by atoms with van der Waals surface area (Å²) in [6.07, 6.45) is 0.743. The van der Waals surface area contributed by atoms with Crippen LogP contribution in [0.1, 0.15) is 39.0 Å². The summed E-state index contributed by atoms with van der Waals surface area (Å²) in [6.45, 7) is 3.87. The first-order chi connectivity index (χ1) is 11.5. The van der Waals surface area contributed by atoms with E-state index in [9.17, 15) is 4.79 Å². The average Bonchev–Trinajstić information content (AvgIpc) is 3.10. The number of carbonyl (C=O) groups excluding carboxylic acids is 1. The van der Waals surface area contributed by atoms with Gasteiger partial charge in [-0.1, -0.05) is 24.3 Å². The lowest BCUT2D eigenvalue weighted by molar-refractivity contribution is 0.0928. The van der Waals surface area contributed by atoms with E-state index in [-0.39, 0.29) is 18.0 Å². The second kappa shape index (κ2) is 5.42. The summed E-state index contributed by atoms with van der Waals surface area (Å²) in [5, 5.41) is 7.39. The Bertz CT molecular complexity index is 946. The molecule has 1 amide bonds. The molecule has 2 unspecified atom stereocenters. The van der Waals surface area contributed by atoms with E-state index in [2.05, 4.69) is 21.5 Å². The Kier molecular flexibility index (Phi) is 3.35. The van der Waals surface area contributed by atoms with Crippen molar-refractivity contribution in [2.24, 2.45) is 5.73 Å². The monoisotopic (exact) mass is 321 g/mol. The van der Waals surface area contributed by atoms with Gasteiger partial charge < -0.3 is 11.1 Å². The highest BCUT2D eigenvalue weighted by Crippen LogP contribution is 2.29. The Balaban J connectivity index is 1.58. The lowest BCUT2D eigenvalue weighted by atomic mass is 10.1. The van der Waals surface area contributed by atoms with E-state index in [1.54, 1.807) is 10.6 Å². The van der Waals surface area contributed by atoms with E-state index < -0.39 is 0 Å². The summed E-state index contributed by atoms with van der Waals surface area (Å²) in [4.78, 5) is 17.0. The molecule has 0 bridgehead atoms. The van der Waals surface area contributed by atoms with Crippen LogP contribution in [0, 0.1) is 13.8 Å². The molecule has 2 heterocycles. The topological polar surface area (TPSA) is 85.3 Å². The third-order valence-electron chi connectivity index (χ3n) is 4.57. The Labute approximate surface area is 139 Å². The van der Waals surface area contributed by atoms with Crippen molar-refractivity contribution >= 4 is 11.6 Å². The zero-order valence-corrected chi connectivity index (χ0v) is 13.7. The molecule has 6 heteroatoms. The molecule has 3 aromatic rings. The van der Waals surface area contributed by atoms with Gasteiger partial charge >= 0.3 is 0 Å². The fraction of sp³-hybridized carbons (Fsp3) is 0.278. The first-order valence-electron chi connectivity index (χ1n) is 8.01. The maximum atomic E-state index is 12.6. The molecule has 0 saturated heterocycles. The number of nitrogens with one attached hydrogen (secondary N) is 1.